The Morgan fingerprint density at radius 1 is 1.25 bits per heavy atom. The molecule has 0 bridgehead atoms. The zero-order valence-electron chi connectivity index (χ0n) is 13.7. The van der Waals surface area contributed by atoms with Gasteiger partial charge in [0.1, 0.15) is 5.75 Å². The first-order chi connectivity index (χ1) is 11.7. The number of rotatable bonds is 5. The minimum absolute atomic E-state index is 0.0351. The molecule has 0 spiro atoms. The molecular weight excluding hydrogens is 298 g/mol. The number of anilines is 1. The van der Waals surface area contributed by atoms with Gasteiger partial charge in [-0.2, -0.15) is 5.26 Å². The van der Waals surface area contributed by atoms with Crippen LogP contribution in [0.3, 0.4) is 0 Å². The number of allylic oxidation sites excluding steroid dienone is 1. The summed E-state index contributed by atoms with van der Waals surface area (Å²) in [6.45, 7) is 2.03. The Morgan fingerprint density at radius 3 is 2.75 bits per heavy atom. The molecule has 0 aliphatic rings. The van der Waals surface area contributed by atoms with Gasteiger partial charge in [0.25, 0.3) is 0 Å². The fourth-order valence-electron chi connectivity index (χ4n) is 2.72. The highest BCUT2D eigenvalue weighted by Crippen LogP contribution is 2.32. The zero-order valence-corrected chi connectivity index (χ0v) is 13.7. The number of benzene rings is 2. The molecule has 2 N–H and O–H groups in total. The van der Waals surface area contributed by atoms with Gasteiger partial charge in [-0.05, 0) is 35.9 Å². The van der Waals surface area contributed by atoms with E-state index in [1.165, 1.54) is 0 Å². The van der Waals surface area contributed by atoms with E-state index in [4.69, 9.17) is 4.74 Å². The number of aromatic nitrogens is 1. The summed E-state index contributed by atoms with van der Waals surface area (Å²) in [5.74, 6) is 0.771. The van der Waals surface area contributed by atoms with Gasteiger partial charge >= 0.3 is 0 Å². The molecule has 3 aromatic rings. The quantitative estimate of drug-likeness (QED) is 0.664. The van der Waals surface area contributed by atoms with Gasteiger partial charge in [-0.1, -0.05) is 25.1 Å². The van der Waals surface area contributed by atoms with Crippen molar-refractivity contribution in [3.05, 3.63) is 72.1 Å². The van der Waals surface area contributed by atoms with E-state index in [0.717, 1.165) is 27.9 Å². The average molecular weight is 317 g/mol. The van der Waals surface area contributed by atoms with Crippen molar-refractivity contribution in [2.75, 3.05) is 12.4 Å². The molecule has 0 radical (unpaired) electrons. The van der Waals surface area contributed by atoms with E-state index < -0.39 is 0 Å². The van der Waals surface area contributed by atoms with Gasteiger partial charge in [0.15, 0.2) is 0 Å². The number of methoxy groups -OCH3 is 1. The molecule has 120 valence electrons. The molecule has 3 rings (SSSR count). The number of nitrogens with zero attached hydrogens (tertiary/aromatic N) is 1. The van der Waals surface area contributed by atoms with Crippen LogP contribution in [0.1, 0.15) is 18.4 Å². The molecule has 4 nitrogen and oxygen atoms in total. The first-order valence-electron chi connectivity index (χ1n) is 7.79. The molecule has 1 aromatic heterocycles. The number of nitriles is 1. The second-order valence-corrected chi connectivity index (χ2v) is 5.60. The Labute approximate surface area is 141 Å². The van der Waals surface area contributed by atoms with Crippen molar-refractivity contribution in [1.29, 1.82) is 5.26 Å². The number of nitrogens with one attached hydrogen (secondary N) is 2. The number of ether oxygens (including phenoxy) is 1. The van der Waals surface area contributed by atoms with Crippen LogP contribution in [0, 0.1) is 11.3 Å². The summed E-state index contributed by atoms with van der Waals surface area (Å²) in [6, 6.07) is 18.0. The van der Waals surface area contributed by atoms with Crippen LogP contribution in [0.5, 0.6) is 5.75 Å². The Bertz CT molecular complexity index is 904. The first kappa shape index (κ1) is 15.7. The number of fused-ring (bicyclic) bond motifs is 1. The molecule has 4 heteroatoms. The number of para-hydroxylation sites is 1. The minimum Gasteiger partial charge on any atom is -0.497 e. The SMILES string of the molecule is COc1ccc2[nH]cc(C(C)C(C#N)=CNc3ccccc3)c2c1. The van der Waals surface area contributed by atoms with E-state index in [1.54, 1.807) is 13.3 Å². The molecule has 0 aliphatic heterocycles. The Balaban J connectivity index is 1.91. The van der Waals surface area contributed by atoms with Gasteiger partial charge in [0, 0.05) is 34.9 Å². The molecule has 0 amide bonds. The molecule has 1 heterocycles. The van der Waals surface area contributed by atoms with E-state index in [1.807, 2.05) is 61.7 Å². The maximum Gasteiger partial charge on any atom is 0.119 e. The lowest BCUT2D eigenvalue weighted by molar-refractivity contribution is 0.415. The molecule has 1 unspecified atom stereocenters. The molecular formula is C20H19N3O. The lowest BCUT2D eigenvalue weighted by atomic mass is 9.94. The summed E-state index contributed by atoms with van der Waals surface area (Å²) in [7, 11) is 1.65. The second kappa shape index (κ2) is 6.93. The van der Waals surface area contributed by atoms with Crippen molar-refractivity contribution in [3.8, 4) is 11.8 Å². The second-order valence-electron chi connectivity index (χ2n) is 5.60. The van der Waals surface area contributed by atoms with Crippen LogP contribution in [0.25, 0.3) is 10.9 Å². The van der Waals surface area contributed by atoms with Gasteiger partial charge < -0.3 is 15.0 Å². The lowest BCUT2D eigenvalue weighted by Gasteiger charge is -2.11. The van der Waals surface area contributed by atoms with E-state index >= 15 is 0 Å². The fraction of sp³-hybridized carbons (Fsp3) is 0.150. The number of hydrogen-bond donors (Lipinski definition) is 2. The van der Waals surface area contributed by atoms with Gasteiger partial charge in [0.2, 0.25) is 0 Å². The van der Waals surface area contributed by atoms with E-state index in [0.29, 0.717) is 5.57 Å². The molecule has 0 aliphatic carbocycles. The van der Waals surface area contributed by atoms with Crippen molar-refractivity contribution < 1.29 is 4.74 Å². The summed E-state index contributed by atoms with van der Waals surface area (Å²) in [5.41, 5.74) is 3.73. The fourth-order valence-corrected chi connectivity index (χ4v) is 2.72. The number of H-pyrrole nitrogens is 1. The smallest absolute Gasteiger partial charge is 0.119 e. The van der Waals surface area contributed by atoms with E-state index in [9.17, 15) is 5.26 Å². The Kier molecular flexibility index (Phi) is 4.53. The summed E-state index contributed by atoms with van der Waals surface area (Å²) < 4.78 is 5.31. The van der Waals surface area contributed by atoms with Crippen LogP contribution in [0.4, 0.5) is 5.69 Å². The summed E-state index contributed by atoms with van der Waals surface area (Å²) in [6.07, 6.45) is 3.74. The van der Waals surface area contributed by atoms with Gasteiger partial charge in [0.05, 0.1) is 18.8 Å². The van der Waals surface area contributed by atoms with E-state index in [2.05, 4.69) is 16.4 Å². The summed E-state index contributed by atoms with van der Waals surface area (Å²) in [4.78, 5) is 3.26. The molecule has 1 atom stereocenters. The van der Waals surface area contributed by atoms with Gasteiger partial charge in [-0.25, -0.2) is 0 Å². The Hall–Kier alpha value is -3.19. The average Bonchev–Trinajstić information content (AvgIpc) is 3.05. The maximum atomic E-state index is 9.55. The summed E-state index contributed by atoms with van der Waals surface area (Å²) >= 11 is 0. The monoisotopic (exact) mass is 317 g/mol. The summed E-state index contributed by atoms with van der Waals surface area (Å²) in [5, 5.41) is 13.8. The third-order valence-electron chi connectivity index (χ3n) is 4.15. The molecule has 24 heavy (non-hydrogen) atoms. The maximum absolute atomic E-state index is 9.55. The van der Waals surface area contributed by atoms with Crippen molar-refractivity contribution in [1.82, 2.24) is 4.98 Å². The highest BCUT2D eigenvalue weighted by molar-refractivity contribution is 5.85. The molecule has 0 fully saturated rings. The first-order valence-corrected chi connectivity index (χ1v) is 7.79. The molecule has 0 saturated carbocycles. The normalized spacial score (nSPS) is 12.6. The lowest BCUT2D eigenvalue weighted by Crippen LogP contribution is -1.99. The predicted octanol–water partition coefficient (Wildman–Crippen LogP) is 4.80. The molecule has 0 saturated heterocycles. The largest absolute Gasteiger partial charge is 0.497 e. The van der Waals surface area contributed by atoms with Gasteiger partial charge in [-0.15, -0.1) is 0 Å². The third kappa shape index (κ3) is 3.11. The Morgan fingerprint density at radius 2 is 2.04 bits per heavy atom. The highest BCUT2D eigenvalue weighted by atomic mass is 16.5. The minimum atomic E-state index is -0.0351. The van der Waals surface area contributed by atoms with Crippen molar-refractivity contribution in [2.24, 2.45) is 0 Å². The number of hydrogen-bond acceptors (Lipinski definition) is 3. The highest BCUT2D eigenvalue weighted by Gasteiger charge is 2.16. The standard InChI is InChI=1S/C20H19N3O/c1-14(15(11-21)12-22-16-6-4-3-5-7-16)19-13-23-20-9-8-17(24-2)10-18(19)20/h3-10,12-14,22-23H,1-2H3. The van der Waals surface area contributed by atoms with Crippen LogP contribution in [-0.4, -0.2) is 12.1 Å². The van der Waals surface area contributed by atoms with Crippen molar-refractivity contribution in [3.63, 3.8) is 0 Å². The van der Waals surface area contributed by atoms with E-state index in [-0.39, 0.29) is 5.92 Å². The van der Waals surface area contributed by atoms with Crippen LogP contribution in [0.2, 0.25) is 0 Å². The topological polar surface area (TPSA) is 60.8 Å². The van der Waals surface area contributed by atoms with Crippen LogP contribution < -0.4 is 10.1 Å². The van der Waals surface area contributed by atoms with Crippen LogP contribution in [-0.2, 0) is 0 Å². The van der Waals surface area contributed by atoms with Crippen LogP contribution in [0.15, 0.2) is 66.5 Å². The molecule has 2 aromatic carbocycles. The van der Waals surface area contributed by atoms with Crippen LogP contribution >= 0.6 is 0 Å². The number of aromatic amines is 1. The van der Waals surface area contributed by atoms with Gasteiger partial charge in [-0.3, -0.25) is 0 Å². The van der Waals surface area contributed by atoms with Crippen molar-refractivity contribution >= 4 is 16.6 Å². The third-order valence-corrected chi connectivity index (χ3v) is 4.15. The predicted molar refractivity (Wildman–Crippen MR) is 97.0 cm³/mol. The van der Waals surface area contributed by atoms with Crippen molar-refractivity contribution in [2.45, 2.75) is 12.8 Å². The zero-order chi connectivity index (χ0) is 16.9.